The zero-order valence-corrected chi connectivity index (χ0v) is 12.2. The number of aliphatic hydroxyl groups excluding tert-OH is 1. The molecule has 0 bridgehead atoms. The van der Waals surface area contributed by atoms with E-state index in [-0.39, 0.29) is 11.9 Å². The van der Waals surface area contributed by atoms with E-state index in [2.05, 4.69) is 0 Å². The maximum absolute atomic E-state index is 12.4. The van der Waals surface area contributed by atoms with E-state index in [0.29, 0.717) is 36.9 Å². The minimum Gasteiger partial charge on any atom is -0.493 e. The van der Waals surface area contributed by atoms with Crippen LogP contribution in [-0.2, 0) is 0 Å². The quantitative estimate of drug-likeness (QED) is 0.836. The number of nitrogens with zero attached hydrogens (tertiary/aromatic N) is 1. The van der Waals surface area contributed by atoms with Gasteiger partial charge in [-0.3, -0.25) is 9.69 Å². The van der Waals surface area contributed by atoms with Crippen LogP contribution in [0.3, 0.4) is 0 Å². The van der Waals surface area contributed by atoms with E-state index in [9.17, 15) is 9.90 Å². The van der Waals surface area contributed by atoms with Gasteiger partial charge in [-0.15, -0.1) is 0 Å². The molecule has 0 radical (unpaired) electrons. The number of β-amino-alcohol motifs (C(OH)–C–C–N with tert-alkyl or cyclic N) is 1. The van der Waals surface area contributed by atoms with Crippen LogP contribution < -0.4 is 4.74 Å². The van der Waals surface area contributed by atoms with Gasteiger partial charge >= 0.3 is 0 Å². The normalized spacial score (nSPS) is 23.6. The van der Waals surface area contributed by atoms with Crippen LogP contribution in [0.5, 0.6) is 5.75 Å². The Bertz CT molecular complexity index is 461. The number of ether oxygens (including phenoxy) is 1. The smallest absolute Gasteiger partial charge is 0.180 e. The fourth-order valence-corrected chi connectivity index (χ4v) is 2.52. The lowest BCUT2D eigenvalue weighted by Crippen LogP contribution is -2.44. The van der Waals surface area contributed by atoms with Gasteiger partial charge in [0, 0.05) is 6.54 Å². The van der Waals surface area contributed by atoms with E-state index in [1.807, 2.05) is 36.9 Å². The molecule has 1 fully saturated rings. The molecular formula is C16H23NO3. The summed E-state index contributed by atoms with van der Waals surface area (Å²) < 4.78 is 5.50. The third-order valence-corrected chi connectivity index (χ3v) is 3.86. The molecule has 2 unspecified atom stereocenters. The zero-order chi connectivity index (χ0) is 14.5. The van der Waals surface area contributed by atoms with Crippen molar-refractivity contribution >= 4 is 5.78 Å². The predicted octanol–water partition coefficient (Wildman–Crippen LogP) is 1.97. The number of carbonyl (C=O) groups is 1. The number of ketones is 1. The molecule has 0 saturated carbocycles. The van der Waals surface area contributed by atoms with Crippen molar-refractivity contribution in [1.29, 1.82) is 0 Å². The van der Waals surface area contributed by atoms with E-state index in [1.165, 1.54) is 0 Å². The number of benzene rings is 1. The second-order valence-electron chi connectivity index (χ2n) is 5.42. The van der Waals surface area contributed by atoms with Crippen LogP contribution in [0.1, 0.15) is 30.6 Å². The monoisotopic (exact) mass is 277 g/mol. The first-order valence-corrected chi connectivity index (χ1v) is 7.27. The maximum atomic E-state index is 12.4. The number of piperidine rings is 1. The van der Waals surface area contributed by atoms with Gasteiger partial charge in [0.25, 0.3) is 0 Å². The minimum atomic E-state index is -0.335. The molecule has 4 nitrogen and oxygen atoms in total. The van der Waals surface area contributed by atoms with Gasteiger partial charge in [0.1, 0.15) is 5.75 Å². The first-order chi connectivity index (χ1) is 9.61. The SMILES string of the molecule is CCOc1ccccc1C(=O)CN1CCC(C)C(O)C1. The van der Waals surface area contributed by atoms with Crippen molar-refractivity contribution in [2.75, 3.05) is 26.2 Å². The standard InChI is InChI=1S/C16H23NO3/c1-3-20-16-7-5-4-6-13(16)15(19)11-17-9-8-12(2)14(18)10-17/h4-7,12,14,18H,3,8-11H2,1-2H3. The highest BCUT2D eigenvalue weighted by Crippen LogP contribution is 2.21. The molecule has 4 heteroatoms. The van der Waals surface area contributed by atoms with Crippen molar-refractivity contribution in [2.24, 2.45) is 5.92 Å². The molecule has 110 valence electrons. The number of rotatable bonds is 5. The molecule has 1 heterocycles. The van der Waals surface area contributed by atoms with E-state index in [4.69, 9.17) is 4.74 Å². The van der Waals surface area contributed by atoms with Gasteiger partial charge in [-0.1, -0.05) is 19.1 Å². The molecule has 1 aliphatic heterocycles. The number of hydrogen-bond donors (Lipinski definition) is 1. The van der Waals surface area contributed by atoms with Gasteiger partial charge in [-0.25, -0.2) is 0 Å². The van der Waals surface area contributed by atoms with Crippen molar-refractivity contribution in [3.63, 3.8) is 0 Å². The molecule has 1 N–H and O–H groups in total. The van der Waals surface area contributed by atoms with Gasteiger partial charge in [0.05, 0.1) is 24.8 Å². The van der Waals surface area contributed by atoms with Crippen molar-refractivity contribution in [2.45, 2.75) is 26.4 Å². The summed E-state index contributed by atoms with van der Waals surface area (Å²) in [4.78, 5) is 14.4. The molecule has 1 aromatic rings. The summed E-state index contributed by atoms with van der Waals surface area (Å²) in [6, 6.07) is 7.34. The Labute approximate surface area is 120 Å². The lowest BCUT2D eigenvalue weighted by Gasteiger charge is -2.33. The Hall–Kier alpha value is -1.39. The summed E-state index contributed by atoms with van der Waals surface area (Å²) in [5, 5.41) is 9.89. The van der Waals surface area contributed by atoms with E-state index in [0.717, 1.165) is 13.0 Å². The van der Waals surface area contributed by atoms with Crippen LogP contribution in [0.15, 0.2) is 24.3 Å². The number of para-hydroxylation sites is 1. The number of likely N-dealkylation sites (tertiary alicyclic amines) is 1. The highest BCUT2D eigenvalue weighted by Gasteiger charge is 2.26. The van der Waals surface area contributed by atoms with Crippen LogP contribution in [0.4, 0.5) is 0 Å². The molecule has 0 amide bonds. The third kappa shape index (κ3) is 3.58. The summed E-state index contributed by atoms with van der Waals surface area (Å²) in [6.07, 6.45) is 0.598. The first-order valence-electron chi connectivity index (χ1n) is 7.27. The second kappa shape index (κ2) is 6.86. The summed E-state index contributed by atoms with van der Waals surface area (Å²) in [6.45, 7) is 6.28. The number of aliphatic hydroxyl groups is 1. The maximum Gasteiger partial charge on any atom is 0.180 e. The molecule has 2 atom stereocenters. The van der Waals surface area contributed by atoms with E-state index in [1.54, 1.807) is 6.07 Å². The minimum absolute atomic E-state index is 0.0517. The molecule has 20 heavy (non-hydrogen) atoms. The van der Waals surface area contributed by atoms with Crippen molar-refractivity contribution in [1.82, 2.24) is 4.90 Å². The Balaban J connectivity index is 2.01. The summed E-state index contributed by atoms with van der Waals surface area (Å²) in [5.41, 5.74) is 0.627. The zero-order valence-electron chi connectivity index (χ0n) is 12.2. The average molecular weight is 277 g/mol. The van der Waals surface area contributed by atoms with Crippen LogP contribution in [-0.4, -0.2) is 48.1 Å². The number of hydrogen-bond acceptors (Lipinski definition) is 4. The largest absolute Gasteiger partial charge is 0.493 e. The van der Waals surface area contributed by atoms with Crippen molar-refractivity contribution in [3.8, 4) is 5.75 Å². The van der Waals surface area contributed by atoms with Crippen molar-refractivity contribution < 1.29 is 14.6 Å². The summed E-state index contributed by atoms with van der Waals surface area (Å²) in [5.74, 6) is 1.01. The van der Waals surface area contributed by atoms with Gasteiger partial charge in [-0.05, 0) is 37.9 Å². The van der Waals surface area contributed by atoms with Crippen molar-refractivity contribution in [3.05, 3.63) is 29.8 Å². The summed E-state index contributed by atoms with van der Waals surface area (Å²) in [7, 11) is 0. The van der Waals surface area contributed by atoms with Gasteiger partial charge in [0.2, 0.25) is 0 Å². The van der Waals surface area contributed by atoms with Gasteiger partial charge in [-0.2, -0.15) is 0 Å². The van der Waals surface area contributed by atoms with Crippen LogP contribution >= 0.6 is 0 Å². The molecule has 1 saturated heterocycles. The number of carbonyl (C=O) groups excluding carboxylic acids is 1. The van der Waals surface area contributed by atoms with Crippen LogP contribution in [0.25, 0.3) is 0 Å². The Morgan fingerprint density at radius 3 is 2.90 bits per heavy atom. The predicted molar refractivity (Wildman–Crippen MR) is 78.2 cm³/mol. The molecule has 1 aliphatic rings. The molecule has 2 rings (SSSR count). The fourth-order valence-electron chi connectivity index (χ4n) is 2.52. The fraction of sp³-hybridized carbons (Fsp3) is 0.562. The topological polar surface area (TPSA) is 49.8 Å². The van der Waals surface area contributed by atoms with E-state index >= 15 is 0 Å². The molecule has 1 aromatic carbocycles. The summed E-state index contributed by atoms with van der Waals surface area (Å²) >= 11 is 0. The Kier molecular flexibility index (Phi) is 5.15. The van der Waals surface area contributed by atoms with Crippen LogP contribution in [0.2, 0.25) is 0 Å². The highest BCUT2D eigenvalue weighted by molar-refractivity contribution is 6.00. The second-order valence-corrected chi connectivity index (χ2v) is 5.42. The molecule has 0 spiro atoms. The molecule has 0 aliphatic carbocycles. The van der Waals surface area contributed by atoms with Crippen LogP contribution in [0, 0.1) is 5.92 Å². The average Bonchev–Trinajstić information content (AvgIpc) is 2.44. The third-order valence-electron chi connectivity index (χ3n) is 3.86. The molecular weight excluding hydrogens is 254 g/mol. The first kappa shape index (κ1) is 15.0. The Morgan fingerprint density at radius 1 is 1.45 bits per heavy atom. The van der Waals surface area contributed by atoms with E-state index < -0.39 is 0 Å². The van der Waals surface area contributed by atoms with Gasteiger partial charge in [0.15, 0.2) is 5.78 Å². The lowest BCUT2D eigenvalue weighted by molar-refractivity contribution is 0.0294. The number of Topliss-reactive ketones (excluding diaryl/α,β-unsaturated/α-hetero) is 1. The Morgan fingerprint density at radius 2 is 2.20 bits per heavy atom. The lowest BCUT2D eigenvalue weighted by atomic mass is 9.95. The van der Waals surface area contributed by atoms with Gasteiger partial charge < -0.3 is 9.84 Å². The molecule has 0 aromatic heterocycles. The highest BCUT2D eigenvalue weighted by atomic mass is 16.5.